The molecule has 0 aromatic carbocycles. The fraction of sp³-hybridized carbons (Fsp3) is 0.750. The van der Waals surface area contributed by atoms with E-state index in [0.717, 1.165) is 32.1 Å². The Hall–Kier alpha value is -0.870. The van der Waals surface area contributed by atoms with E-state index in [1.54, 1.807) is 0 Å². The molecule has 4 nitrogen and oxygen atoms in total. The number of likely N-dealkylation sites (N-methyl/N-ethyl adjacent to an activating group) is 1. The van der Waals surface area contributed by atoms with Crippen LogP contribution >= 0.6 is 0 Å². The highest BCUT2D eigenvalue weighted by Crippen LogP contribution is 2.05. The van der Waals surface area contributed by atoms with E-state index in [-0.39, 0.29) is 0 Å². The number of nitrogens with zero attached hydrogens (tertiary/aromatic N) is 2. The summed E-state index contributed by atoms with van der Waals surface area (Å²) in [6.45, 7) is 10.7. The number of hydrogen-bond acceptors (Lipinski definition) is 3. The van der Waals surface area contributed by atoms with Gasteiger partial charge < -0.3 is 10.2 Å². The summed E-state index contributed by atoms with van der Waals surface area (Å²) in [6.07, 6.45) is 1.91. The highest BCUT2D eigenvalue weighted by Gasteiger charge is 2.04. The zero-order chi connectivity index (χ0) is 12.0. The molecule has 0 aliphatic rings. The molecule has 0 amide bonds. The van der Waals surface area contributed by atoms with Crippen LogP contribution in [0, 0.1) is 12.8 Å². The van der Waals surface area contributed by atoms with E-state index in [1.807, 2.05) is 6.20 Å². The number of aromatic nitrogens is 2. The lowest BCUT2D eigenvalue weighted by Gasteiger charge is -2.17. The zero-order valence-corrected chi connectivity index (χ0v) is 10.9. The molecule has 0 fully saturated rings. The Morgan fingerprint density at radius 3 is 2.81 bits per heavy atom. The molecule has 0 bridgehead atoms. The molecule has 1 aromatic rings. The summed E-state index contributed by atoms with van der Waals surface area (Å²) in [5, 5.41) is 10.4. The summed E-state index contributed by atoms with van der Waals surface area (Å²) in [6, 6.07) is 0. The largest absolute Gasteiger partial charge is 0.315 e. The van der Waals surface area contributed by atoms with Crippen LogP contribution in [-0.4, -0.2) is 41.8 Å². The molecule has 0 saturated carbocycles. The summed E-state index contributed by atoms with van der Waals surface area (Å²) in [4.78, 5) is 2.31. The lowest BCUT2D eigenvalue weighted by Crippen LogP contribution is -2.30. The molecule has 0 aliphatic carbocycles. The van der Waals surface area contributed by atoms with E-state index >= 15 is 0 Å². The molecule has 1 rings (SSSR count). The molecule has 0 unspecified atom stereocenters. The maximum absolute atomic E-state index is 4.03. The fourth-order valence-electron chi connectivity index (χ4n) is 1.57. The summed E-state index contributed by atoms with van der Waals surface area (Å²) in [5.41, 5.74) is 2.45. The summed E-state index contributed by atoms with van der Waals surface area (Å²) in [5.74, 6) is 0.724. The van der Waals surface area contributed by atoms with Gasteiger partial charge >= 0.3 is 0 Å². The van der Waals surface area contributed by atoms with Gasteiger partial charge in [0.2, 0.25) is 0 Å². The fourth-order valence-corrected chi connectivity index (χ4v) is 1.57. The molecule has 1 aromatic heterocycles. The Labute approximate surface area is 98.4 Å². The van der Waals surface area contributed by atoms with Gasteiger partial charge in [0.25, 0.3) is 0 Å². The SMILES string of the molecule is Cc1[nH]ncc1CN(C)CCNCC(C)C. The minimum absolute atomic E-state index is 0.724. The predicted molar refractivity (Wildman–Crippen MR) is 67.4 cm³/mol. The maximum atomic E-state index is 4.03. The van der Waals surface area contributed by atoms with Crippen molar-refractivity contribution < 1.29 is 0 Å². The predicted octanol–water partition coefficient (Wildman–Crippen LogP) is 1.40. The van der Waals surface area contributed by atoms with E-state index in [9.17, 15) is 0 Å². The van der Waals surface area contributed by atoms with Gasteiger partial charge in [-0.15, -0.1) is 0 Å². The molecule has 2 N–H and O–H groups in total. The average Bonchev–Trinajstić information content (AvgIpc) is 2.59. The van der Waals surface area contributed by atoms with Crippen molar-refractivity contribution in [3.05, 3.63) is 17.5 Å². The normalized spacial score (nSPS) is 11.6. The smallest absolute Gasteiger partial charge is 0.0535 e. The van der Waals surface area contributed by atoms with E-state index in [4.69, 9.17) is 0 Å². The Bertz CT molecular complexity index is 293. The van der Waals surface area contributed by atoms with E-state index < -0.39 is 0 Å². The first-order chi connectivity index (χ1) is 7.59. The van der Waals surface area contributed by atoms with E-state index in [1.165, 1.54) is 11.3 Å². The number of aryl methyl sites for hydroxylation is 1. The number of aromatic amines is 1. The van der Waals surface area contributed by atoms with Crippen molar-refractivity contribution >= 4 is 0 Å². The van der Waals surface area contributed by atoms with Crippen LogP contribution in [0.25, 0.3) is 0 Å². The lowest BCUT2D eigenvalue weighted by molar-refractivity contribution is 0.321. The molecule has 1 heterocycles. The van der Waals surface area contributed by atoms with Crippen LogP contribution in [0.4, 0.5) is 0 Å². The Balaban J connectivity index is 2.16. The van der Waals surface area contributed by atoms with Crippen LogP contribution in [-0.2, 0) is 6.54 Å². The van der Waals surface area contributed by atoms with Crippen molar-refractivity contribution in [1.29, 1.82) is 0 Å². The van der Waals surface area contributed by atoms with Crippen LogP contribution < -0.4 is 5.32 Å². The number of rotatable bonds is 7. The van der Waals surface area contributed by atoms with Crippen molar-refractivity contribution in [1.82, 2.24) is 20.4 Å². The van der Waals surface area contributed by atoms with Crippen LogP contribution in [0.1, 0.15) is 25.1 Å². The first-order valence-corrected chi connectivity index (χ1v) is 5.97. The topological polar surface area (TPSA) is 44.0 Å². The zero-order valence-electron chi connectivity index (χ0n) is 10.9. The van der Waals surface area contributed by atoms with E-state index in [0.29, 0.717) is 0 Å². The third-order valence-corrected chi connectivity index (χ3v) is 2.60. The highest BCUT2D eigenvalue weighted by molar-refractivity contribution is 5.13. The van der Waals surface area contributed by atoms with Gasteiger partial charge in [-0.2, -0.15) is 5.10 Å². The third-order valence-electron chi connectivity index (χ3n) is 2.60. The van der Waals surface area contributed by atoms with Gasteiger partial charge in [-0.05, 0) is 26.4 Å². The van der Waals surface area contributed by atoms with Gasteiger partial charge in [0.1, 0.15) is 0 Å². The van der Waals surface area contributed by atoms with Crippen LogP contribution in [0.5, 0.6) is 0 Å². The second-order valence-corrected chi connectivity index (χ2v) is 4.86. The van der Waals surface area contributed by atoms with Gasteiger partial charge in [0.05, 0.1) is 6.20 Å². The Morgan fingerprint density at radius 1 is 1.50 bits per heavy atom. The highest BCUT2D eigenvalue weighted by atomic mass is 15.1. The third kappa shape index (κ3) is 4.77. The van der Waals surface area contributed by atoms with Crippen molar-refractivity contribution in [3.8, 4) is 0 Å². The first-order valence-electron chi connectivity index (χ1n) is 5.97. The molecule has 92 valence electrons. The Kier molecular flexibility index (Phi) is 5.49. The number of hydrogen-bond donors (Lipinski definition) is 2. The Morgan fingerprint density at radius 2 is 2.25 bits per heavy atom. The van der Waals surface area contributed by atoms with Crippen LogP contribution in [0.3, 0.4) is 0 Å². The van der Waals surface area contributed by atoms with Gasteiger partial charge in [-0.3, -0.25) is 5.10 Å². The van der Waals surface area contributed by atoms with Crippen molar-refractivity contribution in [2.75, 3.05) is 26.7 Å². The molecular formula is C12H24N4. The second-order valence-electron chi connectivity index (χ2n) is 4.86. The summed E-state index contributed by atoms with van der Waals surface area (Å²) in [7, 11) is 2.14. The molecule has 0 aliphatic heterocycles. The van der Waals surface area contributed by atoms with E-state index in [2.05, 4.69) is 48.2 Å². The lowest BCUT2D eigenvalue weighted by atomic mass is 10.2. The molecule has 0 radical (unpaired) electrons. The second kappa shape index (κ2) is 6.66. The van der Waals surface area contributed by atoms with Crippen molar-refractivity contribution in [3.63, 3.8) is 0 Å². The summed E-state index contributed by atoms with van der Waals surface area (Å²) >= 11 is 0. The quantitative estimate of drug-likeness (QED) is 0.688. The molecular weight excluding hydrogens is 200 g/mol. The van der Waals surface area contributed by atoms with Crippen LogP contribution in [0.15, 0.2) is 6.20 Å². The molecule has 16 heavy (non-hydrogen) atoms. The number of nitrogens with one attached hydrogen (secondary N) is 2. The maximum Gasteiger partial charge on any atom is 0.0535 e. The minimum atomic E-state index is 0.724. The van der Waals surface area contributed by atoms with Gasteiger partial charge in [-0.1, -0.05) is 13.8 Å². The summed E-state index contributed by atoms with van der Waals surface area (Å²) < 4.78 is 0. The van der Waals surface area contributed by atoms with Crippen molar-refractivity contribution in [2.45, 2.75) is 27.3 Å². The molecule has 0 saturated heterocycles. The molecule has 0 atom stereocenters. The average molecular weight is 224 g/mol. The van der Waals surface area contributed by atoms with Crippen LogP contribution in [0.2, 0.25) is 0 Å². The molecule has 0 spiro atoms. The van der Waals surface area contributed by atoms with Gasteiger partial charge in [0.15, 0.2) is 0 Å². The minimum Gasteiger partial charge on any atom is -0.315 e. The van der Waals surface area contributed by atoms with Crippen molar-refractivity contribution in [2.24, 2.45) is 5.92 Å². The first kappa shape index (κ1) is 13.2. The van der Waals surface area contributed by atoms with Gasteiger partial charge in [0, 0.05) is 30.9 Å². The standard InChI is InChI=1S/C12H24N4/c1-10(2)7-13-5-6-16(4)9-12-8-14-15-11(12)3/h8,10,13H,5-7,9H2,1-4H3,(H,14,15). The molecule has 4 heteroatoms. The van der Waals surface area contributed by atoms with Gasteiger partial charge in [-0.25, -0.2) is 0 Å². The monoisotopic (exact) mass is 224 g/mol. The number of H-pyrrole nitrogens is 1.